The second-order valence-electron chi connectivity index (χ2n) is 7.64. The van der Waals surface area contributed by atoms with Gasteiger partial charge in [-0.1, -0.05) is 71.6 Å². The van der Waals surface area contributed by atoms with Gasteiger partial charge in [-0.3, -0.25) is 0 Å². The molecule has 29 heavy (non-hydrogen) atoms. The molecule has 4 nitrogen and oxygen atoms in total. The SMILES string of the molecule is CCCCCCCCCCCC(CC(=S)OCCC)[Si](OCC)(OCC)OCC. The Balaban J connectivity index is 4.75. The molecule has 0 fully saturated rings. The van der Waals surface area contributed by atoms with Crippen molar-refractivity contribution in [3.63, 3.8) is 0 Å². The fourth-order valence-corrected chi connectivity index (χ4v) is 7.25. The zero-order valence-corrected chi connectivity index (χ0v) is 21.7. The predicted molar refractivity (Wildman–Crippen MR) is 130 cm³/mol. The van der Waals surface area contributed by atoms with E-state index in [2.05, 4.69) is 13.8 Å². The summed E-state index contributed by atoms with van der Waals surface area (Å²) in [4.78, 5) is 0. The fourth-order valence-electron chi connectivity index (χ4n) is 3.66. The Morgan fingerprint density at radius 2 is 1.17 bits per heavy atom. The van der Waals surface area contributed by atoms with Gasteiger partial charge in [0, 0.05) is 31.8 Å². The predicted octanol–water partition coefficient (Wildman–Crippen LogP) is 7.47. The van der Waals surface area contributed by atoms with E-state index in [1.807, 2.05) is 20.8 Å². The third kappa shape index (κ3) is 13.8. The first-order valence-corrected chi connectivity index (χ1v) is 14.4. The van der Waals surface area contributed by atoms with E-state index in [-0.39, 0.29) is 5.54 Å². The maximum absolute atomic E-state index is 6.19. The van der Waals surface area contributed by atoms with Crippen molar-refractivity contribution >= 4 is 26.1 Å². The van der Waals surface area contributed by atoms with E-state index in [4.69, 9.17) is 30.2 Å². The van der Waals surface area contributed by atoms with E-state index in [1.54, 1.807) is 0 Å². The lowest BCUT2D eigenvalue weighted by atomic mass is 10.1. The summed E-state index contributed by atoms with van der Waals surface area (Å²) in [6, 6.07) is 0. The highest BCUT2D eigenvalue weighted by Gasteiger charge is 2.49. The average Bonchev–Trinajstić information content (AvgIpc) is 2.70. The van der Waals surface area contributed by atoms with Crippen molar-refractivity contribution in [3.05, 3.63) is 0 Å². The largest absolute Gasteiger partial charge is 0.504 e. The minimum atomic E-state index is -2.78. The number of hydrogen-bond acceptors (Lipinski definition) is 5. The van der Waals surface area contributed by atoms with Gasteiger partial charge in [-0.2, -0.15) is 0 Å². The maximum Gasteiger partial charge on any atom is 0.504 e. The number of ether oxygens (including phenoxy) is 1. The summed E-state index contributed by atoms with van der Waals surface area (Å²) in [7, 11) is -2.78. The van der Waals surface area contributed by atoms with E-state index in [1.165, 1.54) is 51.4 Å². The maximum atomic E-state index is 6.19. The molecule has 1 atom stereocenters. The van der Waals surface area contributed by atoms with Crippen molar-refractivity contribution < 1.29 is 18.0 Å². The normalized spacial score (nSPS) is 12.9. The fraction of sp³-hybridized carbons (Fsp3) is 0.957. The van der Waals surface area contributed by atoms with Gasteiger partial charge in [0.2, 0.25) is 0 Å². The number of thiocarbonyl (C=S) groups is 1. The van der Waals surface area contributed by atoms with Crippen LogP contribution in [0.4, 0.5) is 0 Å². The summed E-state index contributed by atoms with van der Waals surface area (Å²) in [5.41, 5.74) is 0.177. The number of rotatable bonds is 21. The highest BCUT2D eigenvalue weighted by molar-refractivity contribution is 7.80. The van der Waals surface area contributed by atoms with E-state index >= 15 is 0 Å². The zero-order valence-electron chi connectivity index (χ0n) is 19.9. The second-order valence-corrected chi connectivity index (χ2v) is 11.0. The first-order chi connectivity index (χ1) is 14.1. The third-order valence-electron chi connectivity index (χ3n) is 5.07. The third-order valence-corrected chi connectivity index (χ3v) is 8.92. The molecule has 0 spiro atoms. The molecule has 0 aromatic carbocycles. The summed E-state index contributed by atoms with van der Waals surface area (Å²) in [6.45, 7) is 12.9. The van der Waals surface area contributed by atoms with Crippen LogP contribution in [0.25, 0.3) is 0 Å². The summed E-state index contributed by atoms with van der Waals surface area (Å²) in [5.74, 6) is 0. The first kappa shape index (κ1) is 29.0. The van der Waals surface area contributed by atoms with Crippen LogP contribution in [0.3, 0.4) is 0 Å². The van der Waals surface area contributed by atoms with Crippen molar-refractivity contribution in [1.29, 1.82) is 0 Å². The van der Waals surface area contributed by atoms with Crippen LogP contribution in [-0.4, -0.2) is 40.3 Å². The van der Waals surface area contributed by atoms with Crippen molar-refractivity contribution in [1.82, 2.24) is 0 Å². The minimum absolute atomic E-state index is 0.177. The van der Waals surface area contributed by atoms with Gasteiger partial charge in [0.15, 0.2) is 5.05 Å². The van der Waals surface area contributed by atoms with Gasteiger partial charge in [0.25, 0.3) is 0 Å². The lowest BCUT2D eigenvalue weighted by Gasteiger charge is -2.35. The monoisotopic (exact) mass is 448 g/mol. The van der Waals surface area contributed by atoms with E-state index in [0.29, 0.717) is 37.9 Å². The van der Waals surface area contributed by atoms with Gasteiger partial charge in [-0.05, 0) is 45.8 Å². The molecule has 0 rings (SSSR count). The molecule has 0 saturated carbocycles. The molecule has 6 heteroatoms. The van der Waals surface area contributed by atoms with Gasteiger partial charge in [0.05, 0.1) is 6.61 Å². The summed E-state index contributed by atoms with van der Waals surface area (Å²) < 4.78 is 24.3. The Morgan fingerprint density at radius 3 is 1.62 bits per heavy atom. The van der Waals surface area contributed by atoms with E-state index in [9.17, 15) is 0 Å². The van der Waals surface area contributed by atoms with Crippen LogP contribution in [-0.2, 0) is 18.0 Å². The minimum Gasteiger partial charge on any atom is -0.487 e. The van der Waals surface area contributed by atoms with Gasteiger partial charge >= 0.3 is 8.80 Å². The van der Waals surface area contributed by atoms with Gasteiger partial charge < -0.3 is 18.0 Å². The molecule has 174 valence electrons. The quantitative estimate of drug-likeness (QED) is 0.103. The molecule has 0 saturated heterocycles. The van der Waals surface area contributed by atoms with Crippen LogP contribution in [0, 0.1) is 0 Å². The molecular formula is C23H48O4SSi. The zero-order chi connectivity index (χ0) is 21.8. The Bertz CT molecular complexity index is 365. The first-order valence-electron chi connectivity index (χ1n) is 12.2. The molecule has 0 aromatic heterocycles. The van der Waals surface area contributed by atoms with Crippen molar-refractivity contribution in [2.75, 3.05) is 26.4 Å². The van der Waals surface area contributed by atoms with Crippen LogP contribution < -0.4 is 0 Å². The Morgan fingerprint density at radius 1 is 0.690 bits per heavy atom. The van der Waals surface area contributed by atoms with Gasteiger partial charge in [0.1, 0.15) is 0 Å². The van der Waals surface area contributed by atoms with Crippen LogP contribution in [0.15, 0.2) is 0 Å². The van der Waals surface area contributed by atoms with E-state index in [0.717, 1.165) is 19.3 Å². The molecule has 0 heterocycles. The average molecular weight is 449 g/mol. The lowest BCUT2D eigenvalue weighted by Crippen LogP contribution is -2.51. The highest BCUT2D eigenvalue weighted by atomic mass is 32.1. The molecule has 0 bridgehead atoms. The molecule has 0 aliphatic heterocycles. The van der Waals surface area contributed by atoms with Gasteiger partial charge in [-0.25, -0.2) is 0 Å². The topological polar surface area (TPSA) is 36.9 Å². The van der Waals surface area contributed by atoms with Crippen LogP contribution in [0.1, 0.15) is 112 Å². The Kier molecular flexibility index (Phi) is 19.9. The van der Waals surface area contributed by atoms with Crippen molar-refractivity contribution in [2.24, 2.45) is 0 Å². The van der Waals surface area contributed by atoms with Gasteiger partial charge in [-0.15, -0.1) is 0 Å². The standard InChI is InChI=1S/C23H48O4SSi/c1-6-11-12-13-14-15-16-17-18-19-22(21-23(28)24-20-7-2)29(25-8-3,26-9-4)27-10-5/h22H,6-21H2,1-5H3. The van der Waals surface area contributed by atoms with E-state index < -0.39 is 8.80 Å². The summed E-state index contributed by atoms with van der Waals surface area (Å²) in [6.07, 6.45) is 14.6. The van der Waals surface area contributed by atoms with Crippen LogP contribution >= 0.6 is 12.2 Å². The summed E-state index contributed by atoms with van der Waals surface area (Å²) in [5, 5.41) is 0.670. The molecule has 0 radical (unpaired) electrons. The molecule has 0 amide bonds. The molecule has 0 aliphatic carbocycles. The second kappa shape index (κ2) is 19.9. The Hall–Kier alpha value is -0.0131. The number of unbranched alkanes of at least 4 members (excludes halogenated alkanes) is 8. The van der Waals surface area contributed by atoms with Crippen molar-refractivity contribution in [2.45, 2.75) is 117 Å². The smallest absolute Gasteiger partial charge is 0.487 e. The van der Waals surface area contributed by atoms with Crippen LogP contribution in [0.5, 0.6) is 0 Å². The molecule has 0 aromatic rings. The number of hydrogen-bond donors (Lipinski definition) is 0. The molecule has 1 unspecified atom stereocenters. The lowest BCUT2D eigenvalue weighted by molar-refractivity contribution is 0.0594. The molecular weight excluding hydrogens is 400 g/mol. The van der Waals surface area contributed by atoms with Crippen molar-refractivity contribution in [3.8, 4) is 0 Å². The Labute approximate surface area is 187 Å². The molecule has 0 aliphatic rings. The van der Waals surface area contributed by atoms with Crippen LogP contribution in [0.2, 0.25) is 5.54 Å². The summed E-state index contributed by atoms with van der Waals surface area (Å²) >= 11 is 5.52. The highest BCUT2D eigenvalue weighted by Crippen LogP contribution is 2.35. The molecule has 0 N–H and O–H groups in total.